The second-order valence-electron chi connectivity index (χ2n) is 4.31. The van der Waals surface area contributed by atoms with Crippen molar-refractivity contribution < 1.29 is 14.5 Å². The molecule has 0 saturated carbocycles. The molecule has 0 aromatic heterocycles. The number of nitro benzene ring substituents is 1. The maximum atomic E-state index is 11.6. The Morgan fingerprint density at radius 1 is 1.19 bits per heavy atom. The molecule has 2 aromatic rings. The number of non-ortho nitro benzene ring substituents is 1. The molecule has 0 unspecified atom stereocenters. The minimum absolute atomic E-state index is 0.0375. The Kier molecular flexibility index (Phi) is 4.50. The average Bonchev–Trinajstić information content (AvgIpc) is 2.52. The first-order valence-electron chi connectivity index (χ1n) is 6.26. The second kappa shape index (κ2) is 6.51. The van der Waals surface area contributed by atoms with Gasteiger partial charge in [-0.25, -0.2) is 4.79 Å². The lowest BCUT2D eigenvalue weighted by Gasteiger charge is -2.10. The third-order valence-electron chi connectivity index (χ3n) is 2.98. The summed E-state index contributed by atoms with van der Waals surface area (Å²) in [6, 6.07) is 13.2. The number of anilines is 1. The molecule has 0 aliphatic rings. The van der Waals surface area contributed by atoms with E-state index in [9.17, 15) is 14.9 Å². The van der Waals surface area contributed by atoms with Gasteiger partial charge in [0.15, 0.2) is 0 Å². The summed E-state index contributed by atoms with van der Waals surface area (Å²) in [7, 11) is 1.34. The first kappa shape index (κ1) is 14.5. The normalized spacial score (nSPS) is 9.95. The fourth-order valence-corrected chi connectivity index (χ4v) is 1.88. The molecule has 0 aliphatic heterocycles. The van der Waals surface area contributed by atoms with Crippen LogP contribution in [-0.2, 0) is 11.3 Å². The van der Waals surface area contributed by atoms with Crippen molar-refractivity contribution in [2.75, 3.05) is 12.4 Å². The predicted octanol–water partition coefficient (Wildman–Crippen LogP) is 2.99. The molecule has 0 atom stereocenters. The van der Waals surface area contributed by atoms with E-state index in [1.54, 1.807) is 24.3 Å². The van der Waals surface area contributed by atoms with Gasteiger partial charge in [0, 0.05) is 24.4 Å². The smallest absolute Gasteiger partial charge is 0.338 e. The number of nitrogens with one attached hydrogen (secondary N) is 1. The van der Waals surface area contributed by atoms with E-state index < -0.39 is 10.9 Å². The molecule has 1 N–H and O–H groups in total. The van der Waals surface area contributed by atoms with Gasteiger partial charge in [0.1, 0.15) is 0 Å². The summed E-state index contributed by atoms with van der Waals surface area (Å²) >= 11 is 0. The average molecular weight is 286 g/mol. The van der Waals surface area contributed by atoms with Gasteiger partial charge in [-0.05, 0) is 23.8 Å². The second-order valence-corrected chi connectivity index (χ2v) is 4.31. The molecule has 108 valence electrons. The van der Waals surface area contributed by atoms with Crippen LogP contribution in [0, 0.1) is 10.1 Å². The zero-order chi connectivity index (χ0) is 15.2. The number of nitro groups is 1. The summed E-state index contributed by atoms with van der Waals surface area (Å²) in [5.41, 5.74) is 2.06. The molecule has 6 heteroatoms. The van der Waals surface area contributed by atoms with E-state index in [0.29, 0.717) is 12.1 Å². The highest BCUT2D eigenvalue weighted by atomic mass is 16.6. The topological polar surface area (TPSA) is 81.5 Å². The number of carbonyl (C=O) groups excluding carboxylic acids is 1. The Balaban J connectivity index is 2.09. The van der Waals surface area contributed by atoms with Crippen molar-refractivity contribution in [3.8, 4) is 0 Å². The summed E-state index contributed by atoms with van der Waals surface area (Å²) in [6.07, 6.45) is 0. The summed E-state index contributed by atoms with van der Waals surface area (Å²) < 4.78 is 4.73. The number of ether oxygens (including phenoxy) is 1. The molecule has 6 nitrogen and oxygen atoms in total. The van der Waals surface area contributed by atoms with E-state index in [-0.39, 0.29) is 5.69 Å². The van der Waals surface area contributed by atoms with Gasteiger partial charge in [-0.2, -0.15) is 0 Å². The highest BCUT2D eigenvalue weighted by molar-refractivity contribution is 5.91. The van der Waals surface area contributed by atoms with Crippen LogP contribution in [0.25, 0.3) is 0 Å². The Labute approximate surface area is 121 Å². The lowest BCUT2D eigenvalue weighted by Crippen LogP contribution is -2.09. The molecule has 0 radical (unpaired) electrons. The number of rotatable bonds is 5. The largest absolute Gasteiger partial charge is 0.465 e. The molecule has 2 aromatic carbocycles. The van der Waals surface area contributed by atoms with Crippen molar-refractivity contribution in [1.82, 2.24) is 0 Å². The van der Waals surface area contributed by atoms with Crippen LogP contribution in [0.1, 0.15) is 15.9 Å². The van der Waals surface area contributed by atoms with Crippen LogP contribution in [0.3, 0.4) is 0 Å². The van der Waals surface area contributed by atoms with E-state index in [2.05, 4.69) is 5.32 Å². The van der Waals surface area contributed by atoms with Crippen molar-refractivity contribution in [2.45, 2.75) is 6.54 Å². The molecule has 0 fully saturated rings. The van der Waals surface area contributed by atoms with Crippen LogP contribution in [0.4, 0.5) is 11.4 Å². The Morgan fingerprint density at radius 2 is 1.86 bits per heavy atom. The zero-order valence-corrected chi connectivity index (χ0v) is 11.4. The SMILES string of the molecule is COC(=O)c1ccccc1CNc1ccc([N+](=O)[O-])cc1. The van der Waals surface area contributed by atoms with Gasteiger partial charge in [-0.3, -0.25) is 10.1 Å². The summed E-state index contributed by atoms with van der Waals surface area (Å²) in [5, 5.41) is 13.7. The number of hydrogen-bond donors (Lipinski definition) is 1. The lowest BCUT2D eigenvalue weighted by atomic mass is 10.1. The quantitative estimate of drug-likeness (QED) is 0.519. The van der Waals surface area contributed by atoms with Gasteiger partial charge in [0.25, 0.3) is 5.69 Å². The number of benzene rings is 2. The lowest BCUT2D eigenvalue weighted by molar-refractivity contribution is -0.384. The fourth-order valence-electron chi connectivity index (χ4n) is 1.88. The zero-order valence-electron chi connectivity index (χ0n) is 11.4. The molecule has 0 amide bonds. The Morgan fingerprint density at radius 3 is 2.48 bits per heavy atom. The molecule has 21 heavy (non-hydrogen) atoms. The van der Waals surface area contributed by atoms with Crippen LogP contribution in [0.2, 0.25) is 0 Å². The molecule has 0 spiro atoms. The van der Waals surface area contributed by atoms with Gasteiger partial charge in [0.2, 0.25) is 0 Å². The molecular formula is C15H14N2O4. The van der Waals surface area contributed by atoms with Crippen LogP contribution < -0.4 is 5.32 Å². The van der Waals surface area contributed by atoms with Gasteiger partial charge < -0.3 is 10.1 Å². The van der Waals surface area contributed by atoms with Crippen LogP contribution in [-0.4, -0.2) is 18.0 Å². The first-order valence-corrected chi connectivity index (χ1v) is 6.26. The standard InChI is InChI=1S/C15H14N2O4/c1-21-15(18)14-5-3-2-4-11(14)10-16-12-6-8-13(9-7-12)17(19)20/h2-9,16H,10H2,1H3. The van der Waals surface area contributed by atoms with E-state index in [4.69, 9.17) is 4.74 Å². The van der Waals surface area contributed by atoms with Crippen molar-refractivity contribution in [2.24, 2.45) is 0 Å². The van der Waals surface area contributed by atoms with E-state index in [1.807, 2.05) is 12.1 Å². The van der Waals surface area contributed by atoms with E-state index >= 15 is 0 Å². The molecule has 0 heterocycles. The van der Waals surface area contributed by atoms with Crippen molar-refractivity contribution in [3.63, 3.8) is 0 Å². The predicted molar refractivity (Wildman–Crippen MR) is 78.2 cm³/mol. The van der Waals surface area contributed by atoms with Crippen LogP contribution in [0.15, 0.2) is 48.5 Å². The summed E-state index contributed by atoms with van der Waals surface area (Å²) in [4.78, 5) is 21.8. The number of hydrogen-bond acceptors (Lipinski definition) is 5. The summed E-state index contributed by atoms with van der Waals surface area (Å²) in [6.45, 7) is 0.420. The van der Waals surface area contributed by atoms with Crippen molar-refractivity contribution in [3.05, 3.63) is 69.8 Å². The minimum atomic E-state index is -0.448. The number of methoxy groups -OCH3 is 1. The fraction of sp³-hybridized carbons (Fsp3) is 0.133. The number of esters is 1. The Bertz CT molecular complexity index is 653. The van der Waals surface area contributed by atoms with E-state index in [1.165, 1.54) is 19.2 Å². The van der Waals surface area contributed by atoms with Gasteiger partial charge in [0.05, 0.1) is 17.6 Å². The Hall–Kier alpha value is -2.89. The van der Waals surface area contributed by atoms with Crippen molar-refractivity contribution >= 4 is 17.3 Å². The molecule has 2 rings (SSSR count). The number of nitrogens with zero attached hydrogens (tertiary/aromatic N) is 1. The van der Waals surface area contributed by atoms with Gasteiger partial charge in [-0.15, -0.1) is 0 Å². The highest BCUT2D eigenvalue weighted by Crippen LogP contribution is 2.17. The molecule has 0 saturated heterocycles. The molecule has 0 aliphatic carbocycles. The monoisotopic (exact) mass is 286 g/mol. The van der Waals surface area contributed by atoms with E-state index in [0.717, 1.165) is 11.3 Å². The highest BCUT2D eigenvalue weighted by Gasteiger charge is 2.10. The maximum absolute atomic E-state index is 11.6. The van der Waals surface area contributed by atoms with Crippen LogP contribution in [0.5, 0.6) is 0 Å². The maximum Gasteiger partial charge on any atom is 0.338 e. The van der Waals surface area contributed by atoms with Gasteiger partial charge in [-0.1, -0.05) is 18.2 Å². The molecular weight excluding hydrogens is 272 g/mol. The van der Waals surface area contributed by atoms with Crippen LogP contribution >= 0.6 is 0 Å². The van der Waals surface area contributed by atoms with Crippen molar-refractivity contribution in [1.29, 1.82) is 0 Å². The molecule has 0 bridgehead atoms. The number of carbonyl (C=O) groups is 1. The minimum Gasteiger partial charge on any atom is -0.465 e. The summed E-state index contributed by atoms with van der Waals surface area (Å²) in [5.74, 6) is -0.393. The third-order valence-corrected chi connectivity index (χ3v) is 2.98. The first-order chi connectivity index (χ1) is 10.1. The van der Waals surface area contributed by atoms with Gasteiger partial charge >= 0.3 is 5.97 Å². The third kappa shape index (κ3) is 3.56.